The fourth-order valence-corrected chi connectivity index (χ4v) is 6.02. The van der Waals surface area contributed by atoms with Crippen molar-refractivity contribution < 1.29 is 9.59 Å². The third kappa shape index (κ3) is 3.86. The molecular weight excluding hydrogens is 364 g/mol. The van der Waals surface area contributed by atoms with Gasteiger partial charge in [-0.3, -0.25) is 9.59 Å². The van der Waals surface area contributed by atoms with Crippen molar-refractivity contribution in [1.29, 1.82) is 0 Å². The standard InChI is InChI=1S/C23H32N4O2/c28-22-8-4-7-20-18-11-16(14-27(20)22)13-26(15-18)21-10-9-17(12-24-21)23(29)25-19-5-2-1-3-6-19/h9-10,12,16,18-20H,1-8,11,13-15H2,(H,25,29)/t16?,18?,20-/m1/s1. The van der Waals surface area contributed by atoms with Gasteiger partial charge in [0.2, 0.25) is 5.91 Å². The number of aromatic nitrogens is 1. The second kappa shape index (κ2) is 7.96. The number of rotatable bonds is 3. The Hall–Kier alpha value is -2.11. The van der Waals surface area contributed by atoms with E-state index >= 15 is 0 Å². The van der Waals surface area contributed by atoms with E-state index in [1.165, 1.54) is 25.7 Å². The van der Waals surface area contributed by atoms with E-state index in [1.807, 2.05) is 12.1 Å². The number of carbonyl (C=O) groups is 2. The van der Waals surface area contributed by atoms with Gasteiger partial charge in [0.15, 0.2) is 0 Å². The molecule has 6 heteroatoms. The molecule has 2 bridgehead atoms. The number of carbonyl (C=O) groups excluding carboxylic acids is 2. The molecule has 2 unspecified atom stereocenters. The van der Waals surface area contributed by atoms with E-state index in [0.717, 1.165) is 57.6 Å². The molecule has 6 nitrogen and oxygen atoms in total. The third-order valence-corrected chi connectivity index (χ3v) is 7.45. The first-order chi connectivity index (χ1) is 14.2. The normalized spacial score (nSPS) is 30.1. The molecule has 3 saturated heterocycles. The minimum absolute atomic E-state index is 0.00261. The van der Waals surface area contributed by atoms with Crippen LogP contribution in [-0.4, -0.2) is 53.4 Å². The van der Waals surface area contributed by atoms with Gasteiger partial charge in [0, 0.05) is 44.3 Å². The summed E-state index contributed by atoms with van der Waals surface area (Å²) in [7, 11) is 0. The number of anilines is 1. The zero-order chi connectivity index (χ0) is 19.8. The van der Waals surface area contributed by atoms with Crippen LogP contribution in [0.5, 0.6) is 0 Å². The summed E-state index contributed by atoms with van der Waals surface area (Å²) in [5.41, 5.74) is 0.653. The number of hydrogen-bond acceptors (Lipinski definition) is 4. The second-order valence-corrected chi connectivity index (χ2v) is 9.49. The minimum atomic E-state index is 0.00261. The fourth-order valence-electron chi connectivity index (χ4n) is 6.02. The van der Waals surface area contributed by atoms with E-state index in [4.69, 9.17) is 0 Å². The molecule has 156 valence electrons. The van der Waals surface area contributed by atoms with Gasteiger partial charge in [-0.2, -0.15) is 0 Å². The Balaban J connectivity index is 1.24. The zero-order valence-corrected chi connectivity index (χ0v) is 17.2. The molecule has 0 aromatic carbocycles. The van der Waals surface area contributed by atoms with Crippen molar-refractivity contribution in [3.8, 4) is 0 Å². The van der Waals surface area contributed by atoms with Crippen molar-refractivity contribution in [2.45, 2.75) is 69.9 Å². The highest BCUT2D eigenvalue weighted by Gasteiger charge is 2.44. The summed E-state index contributed by atoms with van der Waals surface area (Å²) in [6.07, 6.45) is 11.8. The lowest BCUT2D eigenvalue weighted by atomic mass is 9.76. The summed E-state index contributed by atoms with van der Waals surface area (Å²) in [4.78, 5) is 34.1. The molecule has 0 spiro atoms. The zero-order valence-electron chi connectivity index (χ0n) is 17.2. The van der Waals surface area contributed by atoms with Crippen LogP contribution in [0.2, 0.25) is 0 Å². The van der Waals surface area contributed by atoms with Crippen molar-refractivity contribution in [3.05, 3.63) is 23.9 Å². The van der Waals surface area contributed by atoms with Gasteiger partial charge in [0.25, 0.3) is 5.91 Å². The number of piperidine rings is 3. The molecule has 1 aliphatic carbocycles. The van der Waals surface area contributed by atoms with Gasteiger partial charge in [-0.05, 0) is 56.1 Å². The number of fused-ring (bicyclic) bond motifs is 4. The summed E-state index contributed by atoms with van der Waals surface area (Å²) < 4.78 is 0. The van der Waals surface area contributed by atoms with Crippen LogP contribution in [0.15, 0.2) is 18.3 Å². The van der Waals surface area contributed by atoms with E-state index in [-0.39, 0.29) is 5.91 Å². The number of nitrogens with one attached hydrogen (secondary N) is 1. The number of amides is 2. The maximum absolute atomic E-state index is 12.5. The molecule has 4 fully saturated rings. The number of hydrogen-bond donors (Lipinski definition) is 1. The Bertz CT molecular complexity index is 759. The first-order valence-electron chi connectivity index (χ1n) is 11.5. The van der Waals surface area contributed by atoms with Gasteiger partial charge in [-0.25, -0.2) is 4.98 Å². The van der Waals surface area contributed by atoms with E-state index in [2.05, 4.69) is 20.1 Å². The van der Waals surface area contributed by atoms with Crippen LogP contribution >= 0.6 is 0 Å². The fraction of sp³-hybridized carbons (Fsp3) is 0.696. The van der Waals surface area contributed by atoms with Crippen LogP contribution in [0.4, 0.5) is 5.82 Å². The molecule has 0 radical (unpaired) electrons. The first kappa shape index (κ1) is 18.9. The van der Waals surface area contributed by atoms with Gasteiger partial charge < -0.3 is 15.1 Å². The van der Waals surface area contributed by atoms with Crippen molar-refractivity contribution in [1.82, 2.24) is 15.2 Å². The molecule has 4 heterocycles. The van der Waals surface area contributed by atoms with Crippen molar-refractivity contribution in [3.63, 3.8) is 0 Å². The van der Waals surface area contributed by atoms with Gasteiger partial charge in [-0.1, -0.05) is 19.3 Å². The molecule has 5 rings (SSSR count). The van der Waals surface area contributed by atoms with E-state index in [1.54, 1.807) is 6.20 Å². The highest BCUT2D eigenvalue weighted by molar-refractivity contribution is 5.94. The third-order valence-electron chi connectivity index (χ3n) is 7.45. The molecule has 1 aromatic rings. The minimum Gasteiger partial charge on any atom is -0.356 e. The lowest BCUT2D eigenvalue weighted by molar-refractivity contribution is -0.142. The Kier molecular flexibility index (Phi) is 5.18. The maximum atomic E-state index is 12.5. The Morgan fingerprint density at radius 1 is 1.03 bits per heavy atom. The van der Waals surface area contributed by atoms with Crippen molar-refractivity contribution in [2.24, 2.45) is 11.8 Å². The predicted molar refractivity (Wildman–Crippen MR) is 112 cm³/mol. The van der Waals surface area contributed by atoms with Crippen LogP contribution in [0, 0.1) is 11.8 Å². The maximum Gasteiger partial charge on any atom is 0.253 e. The molecule has 4 aliphatic rings. The number of nitrogens with zero attached hydrogens (tertiary/aromatic N) is 3. The molecule has 1 aromatic heterocycles. The van der Waals surface area contributed by atoms with Gasteiger partial charge in [0.1, 0.15) is 5.82 Å². The molecule has 29 heavy (non-hydrogen) atoms. The van der Waals surface area contributed by atoms with Crippen LogP contribution in [0.25, 0.3) is 0 Å². The Morgan fingerprint density at radius 2 is 1.90 bits per heavy atom. The summed E-state index contributed by atoms with van der Waals surface area (Å²) in [6.45, 7) is 2.82. The topological polar surface area (TPSA) is 65.5 Å². The van der Waals surface area contributed by atoms with E-state index in [9.17, 15) is 9.59 Å². The molecule has 1 saturated carbocycles. The molecular formula is C23H32N4O2. The van der Waals surface area contributed by atoms with Crippen molar-refractivity contribution in [2.75, 3.05) is 24.5 Å². The SMILES string of the molecule is O=C(NC1CCCCC1)c1ccc(N2CC3CC(C2)[C@H]2CCCC(=O)N2C3)nc1. The van der Waals surface area contributed by atoms with Crippen LogP contribution < -0.4 is 10.2 Å². The largest absolute Gasteiger partial charge is 0.356 e. The lowest BCUT2D eigenvalue weighted by Gasteiger charge is -2.52. The monoisotopic (exact) mass is 396 g/mol. The average Bonchev–Trinajstić information content (AvgIpc) is 2.75. The molecule has 1 N–H and O–H groups in total. The second-order valence-electron chi connectivity index (χ2n) is 9.49. The summed E-state index contributed by atoms with van der Waals surface area (Å²) in [5.74, 6) is 2.40. The van der Waals surface area contributed by atoms with E-state index < -0.39 is 0 Å². The predicted octanol–water partition coefficient (Wildman–Crippen LogP) is 2.98. The van der Waals surface area contributed by atoms with E-state index in [0.29, 0.717) is 35.4 Å². The van der Waals surface area contributed by atoms with Gasteiger partial charge >= 0.3 is 0 Å². The molecule has 3 atom stereocenters. The van der Waals surface area contributed by atoms with Gasteiger partial charge in [0.05, 0.1) is 5.56 Å². The molecule has 3 aliphatic heterocycles. The average molecular weight is 397 g/mol. The van der Waals surface area contributed by atoms with Crippen LogP contribution in [-0.2, 0) is 4.79 Å². The van der Waals surface area contributed by atoms with Crippen LogP contribution in [0.3, 0.4) is 0 Å². The molecule has 2 amide bonds. The van der Waals surface area contributed by atoms with Gasteiger partial charge in [-0.15, -0.1) is 0 Å². The quantitative estimate of drug-likeness (QED) is 0.853. The summed E-state index contributed by atoms with van der Waals surface area (Å²) in [5, 5.41) is 3.17. The Morgan fingerprint density at radius 3 is 2.69 bits per heavy atom. The van der Waals surface area contributed by atoms with Crippen LogP contribution in [0.1, 0.15) is 68.1 Å². The smallest absolute Gasteiger partial charge is 0.253 e. The van der Waals surface area contributed by atoms with Crippen molar-refractivity contribution >= 4 is 17.6 Å². The highest BCUT2D eigenvalue weighted by atomic mass is 16.2. The summed E-state index contributed by atoms with van der Waals surface area (Å²) >= 11 is 0. The highest BCUT2D eigenvalue weighted by Crippen LogP contribution is 2.38. The Labute approximate surface area is 173 Å². The summed E-state index contributed by atoms with van der Waals surface area (Å²) in [6, 6.07) is 4.65. The first-order valence-corrected chi connectivity index (χ1v) is 11.5. The lowest BCUT2D eigenvalue weighted by Crippen LogP contribution is -2.60. The number of pyridine rings is 1.